The van der Waals surface area contributed by atoms with Crippen molar-refractivity contribution >= 4 is 29.5 Å². The Balaban J connectivity index is 1.93. The molecule has 0 spiro atoms. The van der Waals surface area contributed by atoms with Crippen LogP contribution in [0.25, 0.3) is 0 Å². The van der Waals surface area contributed by atoms with Crippen LogP contribution in [0.4, 0.5) is 4.79 Å². The molecule has 0 aromatic rings. The van der Waals surface area contributed by atoms with Gasteiger partial charge in [-0.2, -0.15) is 0 Å². The molecule has 3 rings (SSSR count). The monoisotopic (exact) mass is 363 g/mol. The van der Waals surface area contributed by atoms with Crippen LogP contribution in [0, 0.1) is 11.8 Å². The van der Waals surface area contributed by atoms with Crippen LogP contribution in [0.5, 0.6) is 0 Å². The van der Waals surface area contributed by atoms with Gasteiger partial charge in [0.1, 0.15) is 6.54 Å². The summed E-state index contributed by atoms with van der Waals surface area (Å²) in [5, 5.41) is 0. The van der Waals surface area contributed by atoms with Crippen molar-refractivity contribution in [3.63, 3.8) is 0 Å². The Morgan fingerprint density at radius 2 is 1.81 bits per heavy atom. The average molecular weight is 363 g/mol. The maximum atomic E-state index is 12.7. The minimum absolute atomic E-state index is 0.104. The summed E-state index contributed by atoms with van der Waals surface area (Å²) in [6, 6.07) is -1.20. The van der Waals surface area contributed by atoms with Gasteiger partial charge in [0.2, 0.25) is 0 Å². The van der Waals surface area contributed by atoms with Crippen LogP contribution in [0.1, 0.15) is 20.3 Å². The maximum Gasteiger partial charge on any atom is 0.333 e. The van der Waals surface area contributed by atoms with Gasteiger partial charge in [0.05, 0.1) is 0 Å². The summed E-state index contributed by atoms with van der Waals surface area (Å²) in [5.74, 6) is 1.23. The lowest BCUT2D eigenvalue weighted by Crippen LogP contribution is -2.62. The number of carbonyl (C=O) groups is 3. The number of piperidine rings is 1. The summed E-state index contributed by atoms with van der Waals surface area (Å²) in [5.41, 5.74) is 5.41. The largest absolute Gasteiger partial charge is 0.366 e. The number of likely N-dealkylation sites (N-methyl/N-ethyl adjacent to an activating group) is 2. The number of rotatable bonds is 4. The molecule has 0 aromatic heterocycles. The van der Waals surface area contributed by atoms with Gasteiger partial charge in [-0.05, 0) is 23.2 Å². The highest BCUT2D eigenvalue weighted by molar-refractivity contribution is 6.23. The molecule has 2 saturated heterocycles. The van der Waals surface area contributed by atoms with Crippen molar-refractivity contribution in [1.29, 1.82) is 0 Å². The second-order valence-corrected chi connectivity index (χ2v) is 7.76. The Kier molecular flexibility index (Phi) is 4.83. The Bertz CT molecular complexity index is 705. The van der Waals surface area contributed by atoms with Gasteiger partial charge in [0.25, 0.3) is 23.7 Å². The highest BCUT2D eigenvalue weighted by atomic mass is 16.2. The third-order valence-electron chi connectivity index (χ3n) is 5.25. The summed E-state index contributed by atoms with van der Waals surface area (Å²) < 4.78 is 1.64. The Morgan fingerprint density at radius 1 is 1.19 bits per heavy atom. The maximum absolute atomic E-state index is 12.7. The van der Waals surface area contributed by atoms with E-state index in [0.717, 1.165) is 18.0 Å². The fourth-order valence-electron chi connectivity index (χ4n) is 4.25. The van der Waals surface area contributed by atoms with Crippen molar-refractivity contribution in [2.45, 2.75) is 26.3 Å². The van der Waals surface area contributed by atoms with E-state index in [0.29, 0.717) is 30.1 Å². The molecule has 0 bridgehead atoms. The van der Waals surface area contributed by atoms with Gasteiger partial charge < -0.3 is 5.73 Å². The molecule has 142 valence electrons. The zero-order chi connectivity index (χ0) is 19.2. The van der Waals surface area contributed by atoms with Crippen molar-refractivity contribution in [3.05, 3.63) is 0 Å². The highest BCUT2D eigenvalue weighted by Crippen LogP contribution is 2.23. The first kappa shape index (κ1) is 18.5. The van der Waals surface area contributed by atoms with E-state index in [9.17, 15) is 14.4 Å². The Hall–Kier alpha value is -2.29. The first-order chi connectivity index (χ1) is 12.2. The van der Waals surface area contributed by atoms with E-state index in [1.807, 2.05) is 0 Å². The normalized spacial score (nSPS) is 30.0. The van der Waals surface area contributed by atoms with Gasteiger partial charge >= 0.3 is 11.9 Å². The van der Waals surface area contributed by atoms with Gasteiger partial charge in [-0.3, -0.25) is 24.3 Å². The second-order valence-electron chi connectivity index (χ2n) is 7.76. The third kappa shape index (κ3) is 3.23. The van der Waals surface area contributed by atoms with Gasteiger partial charge in [0.15, 0.2) is 6.54 Å². The SMILES string of the molecule is CC1CC(C)CN(CC2=[N+](CC(N)=O)C3C(=O)N(C)C(=O)N(C)C3=N2)C1. The molecule has 9 heteroatoms. The number of hydrogen-bond acceptors (Lipinski definition) is 5. The summed E-state index contributed by atoms with van der Waals surface area (Å²) in [6.07, 6.45) is 1.19. The fourth-order valence-corrected chi connectivity index (χ4v) is 4.25. The van der Waals surface area contributed by atoms with Gasteiger partial charge in [-0.1, -0.05) is 13.8 Å². The lowest BCUT2D eigenvalue weighted by atomic mass is 9.92. The molecule has 3 unspecified atom stereocenters. The lowest BCUT2D eigenvalue weighted by molar-refractivity contribution is -0.525. The summed E-state index contributed by atoms with van der Waals surface area (Å²) in [7, 11) is 3.03. The van der Waals surface area contributed by atoms with E-state index in [4.69, 9.17) is 5.73 Å². The zero-order valence-electron chi connectivity index (χ0n) is 15.8. The van der Waals surface area contributed by atoms with E-state index in [1.54, 1.807) is 11.6 Å². The van der Waals surface area contributed by atoms with Crippen LogP contribution in [-0.4, -0.2) is 95.1 Å². The number of imide groups is 1. The first-order valence-corrected chi connectivity index (χ1v) is 8.96. The van der Waals surface area contributed by atoms with Gasteiger partial charge in [0, 0.05) is 27.2 Å². The van der Waals surface area contributed by atoms with Crippen molar-refractivity contribution in [2.24, 2.45) is 22.6 Å². The number of aliphatic imine (C=N–C) groups is 1. The Labute approximate surface area is 153 Å². The summed E-state index contributed by atoms with van der Waals surface area (Å²) >= 11 is 0. The van der Waals surface area contributed by atoms with Crippen LogP contribution in [0.3, 0.4) is 0 Å². The Morgan fingerprint density at radius 3 is 2.38 bits per heavy atom. The molecule has 0 aromatic carbocycles. The fraction of sp³-hybridized carbons (Fsp3) is 0.706. The quantitative estimate of drug-likeness (QED) is 0.658. The molecule has 2 N–H and O–H groups in total. The molecule has 9 nitrogen and oxygen atoms in total. The first-order valence-electron chi connectivity index (χ1n) is 8.96. The van der Waals surface area contributed by atoms with E-state index >= 15 is 0 Å². The highest BCUT2D eigenvalue weighted by Gasteiger charge is 2.53. The lowest BCUT2D eigenvalue weighted by Gasteiger charge is -2.33. The van der Waals surface area contributed by atoms with E-state index < -0.39 is 18.0 Å². The molecule has 2 fully saturated rings. The summed E-state index contributed by atoms with van der Waals surface area (Å²) in [4.78, 5) is 45.8. The molecular weight excluding hydrogens is 336 g/mol. The molecule has 3 heterocycles. The number of nitrogens with two attached hydrogens (primary N) is 1. The van der Waals surface area contributed by atoms with Gasteiger partial charge in [-0.25, -0.2) is 9.37 Å². The van der Waals surface area contributed by atoms with Crippen molar-refractivity contribution in [2.75, 3.05) is 40.3 Å². The molecule has 0 saturated carbocycles. The number of primary amides is 1. The second kappa shape index (κ2) is 6.79. The number of amidine groups is 2. The number of nitrogens with zero attached hydrogens (tertiary/aromatic N) is 5. The number of likely N-dealkylation sites (tertiary alicyclic amines) is 1. The van der Waals surface area contributed by atoms with E-state index in [2.05, 4.69) is 23.7 Å². The predicted molar refractivity (Wildman–Crippen MR) is 95.9 cm³/mol. The van der Waals surface area contributed by atoms with E-state index in [1.165, 1.54) is 18.4 Å². The van der Waals surface area contributed by atoms with Crippen LogP contribution in [-0.2, 0) is 9.59 Å². The number of amides is 4. The third-order valence-corrected chi connectivity index (χ3v) is 5.25. The molecular formula is C17H27N6O3+. The van der Waals surface area contributed by atoms with Crippen LogP contribution < -0.4 is 5.73 Å². The minimum atomic E-state index is -0.773. The molecule has 0 radical (unpaired) electrons. The number of fused-ring (bicyclic) bond motifs is 1. The van der Waals surface area contributed by atoms with E-state index in [-0.39, 0.29) is 12.5 Å². The number of urea groups is 1. The van der Waals surface area contributed by atoms with Crippen molar-refractivity contribution in [3.8, 4) is 0 Å². The molecule has 3 atom stereocenters. The van der Waals surface area contributed by atoms with Crippen molar-refractivity contribution < 1.29 is 19.0 Å². The van der Waals surface area contributed by atoms with Crippen LogP contribution in [0.2, 0.25) is 0 Å². The van der Waals surface area contributed by atoms with Crippen LogP contribution in [0.15, 0.2) is 4.99 Å². The summed E-state index contributed by atoms with van der Waals surface area (Å²) in [6.45, 7) is 6.75. The number of hydrogen-bond donors (Lipinski definition) is 1. The minimum Gasteiger partial charge on any atom is -0.366 e. The topological polar surface area (TPSA) is 102 Å². The molecule has 3 aliphatic heterocycles. The standard InChI is InChI=1S/C17H26N6O3/c1-10-5-11(2)7-22(6-10)9-13-19-15-14(23(13)8-12(18)24)16(25)21(4)17(26)20(15)3/h10-11,14H,5-9H2,1-4H3,(H-,18,24)/p+1. The molecule has 4 amide bonds. The van der Waals surface area contributed by atoms with Gasteiger partial charge in [-0.15, -0.1) is 0 Å². The molecule has 3 aliphatic rings. The predicted octanol–water partition coefficient (Wildman–Crippen LogP) is -0.835. The van der Waals surface area contributed by atoms with Crippen LogP contribution >= 0.6 is 0 Å². The molecule has 0 aliphatic carbocycles. The zero-order valence-corrected chi connectivity index (χ0v) is 15.8. The smallest absolute Gasteiger partial charge is 0.333 e. The van der Waals surface area contributed by atoms with Crippen molar-refractivity contribution in [1.82, 2.24) is 14.7 Å². The number of carbonyl (C=O) groups excluding carboxylic acids is 3. The molecule has 26 heavy (non-hydrogen) atoms. The average Bonchev–Trinajstić information content (AvgIpc) is 2.88.